The van der Waals surface area contributed by atoms with Gasteiger partial charge in [0, 0.05) is 24.4 Å². The molecular weight excluding hydrogens is 432 g/mol. The molecule has 3 heterocycles. The maximum Gasteiger partial charge on any atom is 0.297 e. The van der Waals surface area contributed by atoms with Crippen LogP contribution in [0.25, 0.3) is 28.1 Å². The molecule has 0 amide bonds. The highest BCUT2D eigenvalue weighted by molar-refractivity contribution is 7.07. The molecule has 0 saturated carbocycles. The van der Waals surface area contributed by atoms with Crippen molar-refractivity contribution in [2.75, 3.05) is 0 Å². The van der Waals surface area contributed by atoms with Crippen LogP contribution in [0.1, 0.15) is 25.5 Å². The second kappa shape index (κ2) is 8.75. The number of thiazole rings is 1. The molecule has 7 heteroatoms. The van der Waals surface area contributed by atoms with Crippen LogP contribution in [-0.4, -0.2) is 13.9 Å². The van der Waals surface area contributed by atoms with Gasteiger partial charge in [0.05, 0.1) is 17.1 Å². The van der Waals surface area contributed by atoms with Crippen LogP contribution in [0.4, 0.5) is 5.69 Å². The molecular formula is C26H26N4O2S. The van der Waals surface area contributed by atoms with Gasteiger partial charge in [0.2, 0.25) is 0 Å². The Balaban J connectivity index is 1.67. The minimum atomic E-state index is -0.123. The Hall–Kier alpha value is -3.58. The molecule has 0 aliphatic rings. The van der Waals surface area contributed by atoms with E-state index in [1.807, 2.05) is 67.2 Å². The van der Waals surface area contributed by atoms with Crippen LogP contribution in [0.15, 0.2) is 80.2 Å². The van der Waals surface area contributed by atoms with Crippen LogP contribution >= 0.6 is 11.3 Å². The molecule has 0 spiro atoms. The van der Waals surface area contributed by atoms with E-state index in [1.165, 1.54) is 11.3 Å². The number of nitrogens with zero attached hydrogens (tertiary/aromatic N) is 4. The van der Waals surface area contributed by atoms with E-state index in [9.17, 15) is 4.79 Å². The average molecular weight is 459 g/mol. The fourth-order valence-electron chi connectivity index (χ4n) is 4.04. The summed E-state index contributed by atoms with van der Waals surface area (Å²) in [7, 11) is 1.89. The normalized spacial score (nSPS) is 12.2. The zero-order chi connectivity index (χ0) is 22.9. The van der Waals surface area contributed by atoms with Crippen LogP contribution < -0.4 is 10.4 Å². The summed E-state index contributed by atoms with van der Waals surface area (Å²) in [6.07, 6.45) is 2.08. The summed E-state index contributed by atoms with van der Waals surface area (Å²) in [6.45, 7) is 4.91. The van der Waals surface area contributed by atoms with Crippen LogP contribution in [0.5, 0.6) is 0 Å². The Labute approximate surface area is 195 Å². The summed E-state index contributed by atoms with van der Waals surface area (Å²) < 4.78 is 11.8. The van der Waals surface area contributed by atoms with Crippen molar-refractivity contribution in [1.82, 2.24) is 13.9 Å². The average Bonchev–Trinajstić information content (AvgIpc) is 3.49. The molecule has 0 N–H and O–H groups in total. The highest BCUT2D eigenvalue weighted by atomic mass is 32.1. The van der Waals surface area contributed by atoms with Gasteiger partial charge < -0.3 is 8.98 Å². The van der Waals surface area contributed by atoms with Gasteiger partial charge in [-0.15, -0.1) is 11.3 Å². The third-order valence-corrected chi connectivity index (χ3v) is 6.81. The van der Waals surface area contributed by atoms with E-state index in [2.05, 4.69) is 29.0 Å². The largest absolute Gasteiger partial charge is 0.454 e. The van der Waals surface area contributed by atoms with Gasteiger partial charge in [-0.1, -0.05) is 49.7 Å². The highest BCUT2D eigenvalue weighted by Crippen LogP contribution is 2.28. The number of rotatable bonds is 6. The number of para-hydroxylation sites is 2. The molecule has 0 unspecified atom stereocenters. The van der Waals surface area contributed by atoms with Crippen molar-refractivity contribution in [3.63, 3.8) is 0 Å². The Morgan fingerprint density at radius 3 is 2.58 bits per heavy atom. The molecule has 0 aliphatic carbocycles. The smallest absolute Gasteiger partial charge is 0.297 e. The van der Waals surface area contributed by atoms with E-state index < -0.39 is 0 Å². The molecule has 6 nitrogen and oxygen atoms in total. The molecule has 0 saturated heterocycles. The summed E-state index contributed by atoms with van der Waals surface area (Å²) in [4.78, 5) is 19.0. The number of benzene rings is 2. The third-order valence-electron chi connectivity index (χ3n) is 5.94. The van der Waals surface area contributed by atoms with Crippen LogP contribution in [0.2, 0.25) is 0 Å². The first kappa shape index (κ1) is 21.3. The minimum absolute atomic E-state index is 0.123. The van der Waals surface area contributed by atoms with Crippen LogP contribution in [0, 0.1) is 6.92 Å². The Bertz CT molecular complexity index is 1510. The number of furan rings is 1. The molecule has 3 aromatic heterocycles. The zero-order valence-electron chi connectivity index (χ0n) is 19.0. The van der Waals surface area contributed by atoms with Crippen molar-refractivity contribution in [3.05, 3.63) is 86.9 Å². The monoisotopic (exact) mass is 458 g/mol. The second-order valence-electron chi connectivity index (χ2n) is 8.08. The van der Waals surface area contributed by atoms with Gasteiger partial charge in [0.1, 0.15) is 5.58 Å². The zero-order valence-corrected chi connectivity index (χ0v) is 19.8. The Morgan fingerprint density at radius 1 is 1.06 bits per heavy atom. The summed E-state index contributed by atoms with van der Waals surface area (Å²) in [6, 6.07) is 19.7. The molecule has 0 fully saturated rings. The summed E-state index contributed by atoms with van der Waals surface area (Å²) in [5.41, 5.74) is 3.84. The van der Waals surface area contributed by atoms with Gasteiger partial charge in [-0.25, -0.2) is 9.67 Å². The van der Waals surface area contributed by atoms with E-state index in [4.69, 9.17) is 9.41 Å². The molecule has 0 bridgehead atoms. The lowest BCUT2D eigenvalue weighted by molar-refractivity contribution is 0.591. The Kier molecular flexibility index (Phi) is 5.64. The van der Waals surface area contributed by atoms with E-state index in [1.54, 1.807) is 4.68 Å². The minimum Gasteiger partial charge on any atom is -0.454 e. The standard InChI is InChI=1S/C26H26N4O2S/c1-4-5-15-29-21(23-16-19-11-9-10-14-22(19)32-23)17-33-26(29)27-24-18(2)28(3)30(25(24)31)20-12-7-6-8-13-20/h6-14,16-17H,4-5,15H2,1-3H3. The first-order valence-corrected chi connectivity index (χ1v) is 12.0. The fraction of sp³-hybridized carbons (Fsp3) is 0.231. The van der Waals surface area contributed by atoms with Crippen molar-refractivity contribution in [1.29, 1.82) is 0 Å². The highest BCUT2D eigenvalue weighted by Gasteiger charge is 2.17. The number of hydrogen-bond acceptors (Lipinski definition) is 4. The SMILES string of the molecule is CCCCn1c(-c2cc3ccccc3o2)csc1=Nc1c(C)n(C)n(-c2ccccc2)c1=O. The third kappa shape index (κ3) is 3.78. The van der Waals surface area contributed by atoms with E-state index in [0.29, 0.717) is 5.69 Å². The van der Waals surface area contributed by atoms with E-state index in [0.717, 1.165) is 58.0 Å². The molecule has 0 atom stereocenters. The number of hydrogen-bond donors (Lipinski definition) is 0. The van der Waals surface area contributed by atoms with Crippen molar-refractivity contribution in [2.45, 2.75) is 33.2 Å². The summed E-state index contributed by atoms with van der Waals surface area (Å²) in [5.74, 6) is 0.816. The van der Waals surface area contributed by atoms with Gasteiger partial charge in [-0.3, -0.25) is 9.48 Å². The van der Waals surface area contributed by atoms with Crippen LogP contribution in [0.3, 0.4) is 0 Å². The molecule has 33 heavy (non-hydrogen) atoms. The number of fused-ring (bicyclic) bond motifs is 1. The van der Waals surface area contributed by atoms with E-state index >= 15 is 0 Å². The van der Waals surface area contributed by atoms with E-state index in [-0.39, 0.29) is 5.56 Å². The van der Waals surface area contributed by atoms with Crippen molar-refractivity contribution in [3.8, 4) is 17.1 Å². The molecule has 0 radical (unpaired) electrons. The van der Waals surface area contributed by atoms with Gasteiger partial charge in [-0.05, 0) is 37.6 Å². The van der Waals surface area contributed by atoms with Crippen molar-refractivity contribution in [2.24, 2.45) is 12.0 Å². The van der Waals surface area contributed by atoms with Gasteiger partial charge in [0.15, 0.2) is 16.2 Å². The second-order valence-corrected chi connectivity index (χ2v) is 8.92. The molecule has 0 aliphatic heterocycles. The van der Waals surface area contributed by atoms with Gasteiger partial charge >= 0.3 is 0 Å². The number of unbranched alkanes of at least 4 members (excludes halogenated alkanes) is 1. The summed E-state index contributed by atoms with van der Waals surface area (Å²) >= 11 is 1.53. The lowest BCUT2D eigenvalue weighted by Crippen LogP contribution is -2.20. The lowest BCUT2D eigenvalue weighted by atomic mass is 10.2. The maximum atomic E-state index is 13.4. The summed E-state index contributed by atoms with van der Waals surface area (Å²) in [5, 5.41) is 3.14. The molecule has 168 valence electrons. The van der Waals surface area contributed by atoms with Gasteiger partial charge in [0.25, 0.3) is 5.56 Å². The first-order chi connectivity index (χ1) is 16.1. The number of aromatic nitrogens is 3. The molecule has 5 rings (SSSR count). The van der Waals surface area contributed by atoms with Crippen molar-refractivity contribution < 1.29 is 4.42 Å². The topological polar surface area (TPSA) is 57.4 Å². The molecule has 2 aromatic carbocycles. The Morgan fingerprint density at radius 2 is 1.82 bits per heavy atom. The lowest BCUT2D eigenvalue weighted by Gasteiger charge is -2.07. The molecule has 5 aromatic rings. The first-order valence-electron chi connectivity index (χ1n) is 11.1. The quantitative estimate of drug-likeness (QED) is 0.323. The maximum absolute atomic E-state index is 13.4. The fourth-order valence-corrected chi connectivity index (χ4v) is 4.96. The van der Waals surface area contributed by atoms with Crippen molar-refractivity contribution >= 4 is 28.0 Å². The predicted molar refractivity (Wildman–Crippen MR) is 133 cm³/mol. The van der Waals surface area contributed by atoms with Crippen LogP contribution in [-0.2, 0) is 13.6 Å². The predicted octanol–water partition coefficient (Wildman–Crippen LogP) is 5.79. The van der Waals surface area contributed by atoms with Gasteiger partial charge in [-0.2, -0.15) is 0 Å².